The molecule has 0 aliphatic carbocycles. The molecule has 1 aromatic heterocycles. The van der Waals surface area contributed by atoms with Crippen molar-refractivity contribution in [3.63, 3.8) is 0 Å². The molecule has 3 aromatic rings. The number of furan rings is 1. The molecule has 33 heavy (non-hydrogen) atoms. The van der Waals surface area contributed by atoms with Gasteiger partial charge < -0.3 is 14.5 Å². The number of ether oxygens (including phenoxy) is 1. The van der Waals surface area contributed by atoms with Gasteiger partial charge in [0.2, 0.25) is 0 Å². The summed E-state index contributed by atoms with van der Waals surface area (Å²) in [5.41, 5.74) is 2.03. The van der Waals surface area contributed by atoms with Gasteiger partial charge >= 0.3 is 12.0 Å². The van der Waals surface area contributed by atoms with Crippen LogP contribution in [0.4, 0.5) is 10.5 Å². The number of imide groups is 1. The highest BCUT2D eigenvalue weighted by Gasteiger charge is 2.33. The van der Waals surface area contributed by atoms with Crippen molar-refractivity contribution in [3.05, 3.63) is 90.4 Å². The lowest BCUT2D eigenvalue weighted by molar-refractivity contribution is -0.141. The Labute approximate surface area is 190 Å². The van der Waals surface area contributed by atoms with E-state index >= 15 is 0 Å². The largest absolute Gasteiger partial charge is 0.467 e. The summed E-state index contributed by atoms with van der Waals surface area (Å²) < 4.78 is 10.2. The first-order valence-corrected chi connectivity index (χ1v) is 10.3. The molecule has 9 nitrogen and oxygen atoms in total. The fraction of sp³-hybridized carbons (Fsp3) is 0.167. The van der Waals surface area contributed by atoms with Gasteiger partial charge in [-0.2, -0.15) is 5.10 Å². The summed E-state index contributed by atoms with van der Waals surface area (Å²) in [5.74, 6) is -0.918. The monoisotopic (exact) mass is 446 g/mol. The van der Waals surface area contributed by atoms with Crippen molar-refractivity contribution in [1.82, 2.24) is 10.6 Å². The average Bonchev–Trinajstić information content (AvgIpc) is 3.53. The van der Waals surface area contributed by atoms with Gasteiger partial charge in [-0.1, -0.05) is 48.5 Å². The molecule has 0 spiro atoms. The molecule has 1 atom stereocenters. The number of anilines is 1. The highest BCUT2D eigenvalue weighted by atomic mass is 16.5. The van der Waals surface area contributed by atoms with Crippen LogP contribution < -0.4 is 15.6 Å². The van der Waals surface area contributed by atoms with Gasteiger partial charge in [0.05, 0.1) is 24.5 Å². The van der Waals surface area contributed by atoms with E-state index in [1.54, 1.807) is 17.1 Å². The number of carbonyl (C=O) groups is 3. The maximum atomic E-state index is 12.6. The zero-order chi connectivity index (χ0) is 23.0. The van der Waals surface area contributed by atoms with Gasteiger partial charge in [0.25, 0.3) is 5.91 Å². The number of amides is 3. The fourth-order valence-corrected chi connectivity index (χ4v) is 3.39. The third kappa shape index (κ3) is 5.65. The molecule has 9 heteroatoms. The summed E-state index contributed by atoms with van der Waals surface area (Å²) in [6, 6.07) is 21.7. The second-order valence-electron chi connectivity index (χ2n) is 7.24. The first kappa shape index (κ1) is 21.8. The van der Waals surface area contributed by atoms with Gasteiger partial charge in [0.15, 0.2) is 6.61 Å². The zero-order valence-corrected chi connectivity index (χ0v) is 17.6. The van der Waals surface area contributed by atoms with Crippen LogP contribution in [0.15, 0.2) is 88.6 Å². The van der Waals surface area contributed by atoms with E-state index in [1.807, 2.05) is 60.7 Å². The Morgan fingerprint density at radius 3 is 2.42 bits per heavy atom. The smallest absolute Gasteiger partial charge is 0.355 e. The first-order chi connectivity index (χ1) is 16.1. The van der Waals surface area contributed by atoms with Crippen LogP contribution in [0.2, 0.25) is 0 Å². The maximum absolute atomic E-state index is 12.6. The highest BCUT2D eigenvalue weighted by Crippen LogP contribution is 2.35. The molecule has 168 valence electrons. The van der Waals surface area contributed by atoms with Crippen LogP contribution in [0.5, 0.6) is 0 Å². The van der Waals surface area contributed by atoms with E-state index < -0.39 is 24.5 Å². The van der Waals surface area contributed by atoms with Crippen molar-refractivity contribution < 1.29 is 23.5 Å². The van der Waals surface area contributed by atoms with Crippen molar-refractivity contribution >= 4 is 29.3 Å². The molecule has 0 fully saturated rings. The molecule has 2 N–H and O–H groups in total. The van der Waals surface area contributed by atoms with E-state index in [0.717, 1.165) is 11.3 Å². The Morgan fingerprint density at radius 2 is 1.73 bits per heavy atom. The average molecular weight is 446 g/mol. The molecular formula is C24H22N4O5. The normalized spacial score (nSPS) is 15.0. The summed E-state index contributed by atoms with van der Waals surface area (Å²) in [6.07, 6.45) is 1.80. The third-order valence-electron chi connectivity index (χ3n) is 4.94. The van der Waals surface area contributed by atoms with Crippen LogP contribution >= 0.6 is 0 Å². The van der Waals surface area contributed by atoms with Crippen LogP contribution in [0.3, 0.4) is 0 Å². The van der Waals surface area contributed by atoms with E-state index in [4.69, 9.17) is 9.15 Å². The minimum Gasteiger partial charge on any atom is -0.467 e. The van der Waals surface area contributed by atoms with Gasteiger partial charge in [-0.15, -0.1) is 0 Å². The first-order valence-electron chi connectivity index (χ1n) is 10.3. The molecule has 0 saturated carbocycles. The molecule has 0 radical (unpaired) electrons. The van der Waals surface area contributed by atoms with Gasteiger partial charge in [-0.05, 0) is 29.8 Å². The molecular weight excluding hydrogens is 424 g/mol. The van der Waals surface area contributed by atoms with Crippen LogP contribution in [0.1, 0.15) is 23.8 Å². The van der Waals surface area contributed by atoms with Gasteiger partial charge in [-0.25, -0.2) is 9.59 Å². The third-order valence-corrected chi connectivity index (χ3v) is 4.94. The molecule has 4 rings (SSSR count). The predicted molar refractivity (Wildman–Crippen MR) is 120 cm³/mol. The Hall–Kier alpha value is -4.40. The number of carbonyl (C=O) groups excluding carboxylic acids is 3. The Balaban J connectivity index is 1.34. The number of hydrogen-bond acceptors (Lipinski definition) is 7. The van der Waals surface area contributed by atoms with Crippen LogP contribution in [-0.4, -0.2) is 30.2 Å². The van der Waals surface area contributed by atoms with E-state index in [9.17, 15) is 14.4 Å². The van der Waals surface area contributed by atoms with Crippen molar-refractivity contribution in [3.8, 4) is 0 Å². The van der Waals surface area contributed by atoms with Crippen molar-refractivity contribution in [2.45, 2.75) is 19.0 Å². The summed E-state index contributed by atoms with van der Waals surface area (Å²) >= 11 is 0. The Morgan fingerprint density at radius 1 is 1.00 bits per heavy atom. The molecule has 3 amide bonds. The number of hydrazone groups is 1. The number of urea groups is 1. The SMILES string of the molecule is O=C(COC(=O)C1=NN(c2ccccc2)C(c2ccccc2)C1)NC(=O)NCc1ccco1. The minimum atomic E-state index is -0.751. The molecule has 2 aromatic carbocycles. The number of para-hydroxylation sites is 1. The van der Waals surface area contributed by atoms with Crippen molar-refractivity contribution in [1.29, 1.82) is 0 Å². The van der Waals surface area contributed by atoms with E-state index in [2.05, 4.69) is 15.7 Å². The molecule has 1 aliphatic rings. The van der Waals surface area contributed by atoms with Crippen molar-refractivity contribution in [2.24, 2.45) is 5.10 Å². The quantitative estimate of drug-likeness (QED) is 0.539. The number of nitrogens with one attached hydrogen (secondary N) is 2. The van der Waals surface area contributed by atoms with E-state index in [-0.39, 0.29) is 18.3 Å². The standard InChI is InChI=1S/C24H22N4O5/c29-22(26-24(31)25-15-19-12-7-13-32-19)16-33-23(30)20-14-21(17-8-3-1-4-9-17)28(27-20)18-10-5-2-6-11-18/h1-13,21H,14-16H2,(H2,25,26,29,31). The number of rotatable bonds is 7. The molecule has 0 bridgehead atoms. The van der Waals surface area contributed by atoms with Crippen LogP contribution in [0.25, 0.3) is 0 Å². The minimum absolute atomic E-state index is 0.124. The lowest BCUT2D eigenvalue weighted by Gasteiger charge is -2.23. The lowest BCUT2D eigenvalue weighted by Crippen LogP contribution is -2.41. The number of esters is 1. The van der Waals surface area contributed by atoms with Gasteiger partial charge in [-0.3, -0.25) is 15.1 Å². The summed E-state index contributed by atoms with van der Waals surface area (Å²) in [5, 5.41) is 10.8. The topological polar surface area (TPSA) is 113 Å². The van der Waals surface area contributed by atoms with Gasteiger partial charge in [0.1, 0.15) is 11.5 Å². The second-order valence-corrected chi connectivity index (χ2v) is 7.24. The van der Waals surface area contributed by atoms with Crippen LogP contribution in [-0.2, 0) is 20.9 Å². The van der Waals surface area contributed by atoms with Crippen LogP contribution in [0, 0.1) is 0 Å². The zero-order valence-electron chi connectivity index (χ0n) is 17.6. The highest BCUT2D eigenvalue weighted by molar-refractivity contribution is 6.37. The van der Waals surface area contributed by atoms with Crippen molar-refractivity contribution in [2.75, 3.05) is 11.6 Å². The summed E-state index contributed by atoms with van der Waals surface area (Å²) in [7, 11) is 0. The summed E-state index contributed by atoms with van der Waals surface area (Å²) in [4.78, 5) is 36.4. The molecule has 1 aliphatic heterocycles. The van der Waals surface area contributed by atoms with E-state index in [0.29, 0.717) is 12.2 Å². The Kier molecular flexibility index (Phi) is 6.79. The van der Waals surface area contributed by atoms with E-state index in [1.165, 1.54) is 6.26 Å². The summed E-state index contributed by atoms with van der Waals surface area (Å²) in [6.45, 7) is -0.480. The maximum Gasteiger partial charge on any atom is 0.355 e. The molecule has 1 unspecified atom stereocenters. The number of hydrogen-bond donors (Lipinski definition) is 2. The molecule has 0 saturated heterocycles. The number of benzene rings is 2. The number of nitrogens with zero attached hydrogens (tertiary/aromatic N) is 2. The fourth-order valence-electron chi connectivity index (χ4n) is 3.39. The van der Waals surface area contributed by atoms with Gasteiger partial charge in [0, 0.05) is 6.42 Å². The molecule has 2 heterocycles. The lowest BCUT2D eigenvalue weighted by atomic mass is 10.0. The predicted octanol–water partition coefficient (Wildman–Crippen LogP) is 3.16. The Bertz CT molecular complexity index is 1130. The second kappa shape index (κ2) is 10.3.